The van der Waals surface area contributed by atoms with Crippen LogP contribution in [0.5, 0.6) is 0 Å². The predicted octanol–water partition coefficient (Wildman–Crippen LogP) is 6.04. The van der Waals surface area contributed by atoms with Crippen molar-refractivity contribution < 1.29 is 4.79 Å². The van der Waals surface area contributed by atoms with Crippen LogP contribution in [-0.2, 0) is 13.1 Å². The van der Waals surface area contributed by atoms with Crippen LogP contribution in [-0.4, -0.2) is 10.5 Å². The van der Waals surface area contributed by atoms with Crippen molar-refractivity contribution in [3.05, 3.63) is 94.8 Å². The van der Waals surface area contributed by atoms with Gasteiger partial charge < -0.3 is 9.47 Å². The van der Waals surface area contributed by atoms with Crippen LogP contribution < -0.4 is 4.90 Å². The zero-order valence-electron chi connectivity index (χ0n) is 16.9. The van der Waals surface area contributed by atoms with Crippen LogP contribution in [0.25, 0.3) is 5.57 Å². The molecule has 0 N–H and O–H groups in total. The zero-order chi connectivity index (χ0) is 19.8. The molecule has 0 atom stereocenters. The second kappa shape index (κ2) is 7.40. The van der Waals surface area contributed by atoms with E-state index in [0.717, 1.165) is 29.9 Å². The van der Waals surface area contributed by atoms with E-state index in [-0.39, 0.29) is 5.91 Å². The first-order valence-corrected chi connectivity index (χ1v) is 10.5. The van der Waals surface area contributed by atoms with Crippen LogP contribution in [0.15, 0.2) is 72.4 Å². The molecule has 0 spiro atoms. The molecule has 2 aromatic carbocycles. The SMILES string of the molecule is CC1=C(c2ccc(C(=O)N3Cc4cccn4Cc4ccccc43)cc2)CCCC1. The normalized spacial score (nSPS) is 16.2. The van der Waals surface area contributed by atoms with Crippen LogP contribution in [0.1, 0.15) is 59.8 Å². The molecule has 2 heterocycles. The maximum atomic E-state index is 13.5. The summed E-state index contributed by atoms with van der Waals surface area (Å²) >= 11 is 0. The molecule has 3 heteroatoms. The second-order valence-corrected chi connectivity index (χ2v) is 8.19. The third-order valence-electron chi connectivity index (χ3n) is 6.34. The number of amides is 1. The molecule has 0 saturated heterocycles. The lowest BCUT2D eigenvalue weighted by Gasteiger charge is -2.23. The molecule has 146 valence electrons. The number of carbonyl (C=O) groups is 1. The fourth-order valence-electron chi connectivity index (χ4n) is 4.68. The number of fused-ring (bicyclic) bond motifs is 2. The monoisotopic (exact) mass is 382 g/mol. The van der Waals surface area contributed by atoms with Gasteiger partial charge in [0, 0.05) is 29.7 Å². The molecule has 0 bridgehead atoms. The molecule has 1 amide bonds. The molecular weight excluding hydrogens is 356 g/mol. The fraction of sp³-hybridized carbons (Fsp3) is 0.269. The smallest absolute Gasteiger partial charge is 0.258 e. The molecule has 1 aliphatic heterocycles. The highest BCUT2D eigenvalue weighted by atomic mass is 16.2. The van der Waals surface area contributed by atoms with E-state index in [1.807, 2.05) is 29.2 Å². The Labute approximate surface area is 172 Å². The Bertz CT molecular complexity index is 1090. The summed E-state index contributed by atoms with van der Waals surface area (Å²) in [5.41, 5.74) is 8.33. The Kier molecular flexibility index (Phi) is 4.59. The van der Waals surface area contributed by atoms with E-state index in [9.17, 15) is 4.79 Å². The molecule has 29 heavy (non-hydrogen) atoms. The summed E-state index contributed by atoms with van der Waals surface area (Å²) in [5, 5.41) is 0. The van der Waals surface area contributed by atoms with Crippen molar-refractivity contribution in [1.29, 1.82) is 0 Å². The Morgan fingerprint density at radius 1 is 0.862 bits per heavy atom. The second-order valence-electron chi connectivity index (χ2n) is 8.19. The fourth-order valence-corrected chi connectivity index (χ4v) is 4.68. The average molecular weight is 383 g/mol. The number of allylic oxidation sites excluding steroid dienone is 2. The lowest BCUT2D eigenvalue weighted by molar-refractivity contribution is 0.0985. The summed E-state index contributed by atoms with van der Waals surface area (Å²) in [6.07, 6.45) is 6.99. The van der Waals surface area contributed by atoms with Gasteiger partial charge >= 0.3 is 0 Å². The van der Waals surface area contributed by atoms with Crippen molar-refractivity contribution in [2.24, 2.45) is 0 Å². The zero-order valence-corrected chi connectivity index (χ0v) is 16.9. The van der Waals surface area contributed by atoms with E-state index in [2.05, 4.69) is 54.1 Å². The lowest BCUT2D eigenvalue weighted by atomic mass is 9.88. The predicted molar refractivity (Wildman–Crippen MR) is 118 cm³/mol. The van der Waals surface area contributed by atoms with Crippen molar-refractivity contribution in [3.63, 3.8) is 0 Å². The van der Waals surface area contributed by atoms with Gasteiger partial charge in [-0.1, -0.05) is 35.9 Å². The summed E-state index contributed by atoms with van der Waals surface area (Å²) in [4.78, 5) is 15.4. The molecule has 0 fully saturated rings. The summed E-state index contributed by atoms with van der Waals surface area (Å²) in [7, 11) is 0. The maximum absolute atomic E-state index is 13.5. The average Bonchev–Trinajstić information content (AvgIpc) is 3.13. The molecule has 0 unspecified atom stereocenters. The number of para-hydroxylation sites is 1. The first-order valence-electron chi connectivity index (χ1n) is 10.5. The lowest BCUT2D eigenvalue weighted by Crippen LogP contribution is -2.30. The van der Waals surface area contributed by atoms with Gasteiger partial charge in [0.1, 0.15) is 0 Å². The molecule has 3 aromatic rings. The summed E-state index contributed by atoms with van der Waals surface area (Å²) in [6, 6.07) is 20.7. The molecule has 1 aromatic heterocycles. The molecule has 3 nitrogen and oxygen atoms in total. The maximum Gasteiger partial charge on any atom is 0.258 e. The summed E-state index contributed by atoms with van der Waals surface area (Å²) in [6.45, 7) is 3.64. The number of hydrogen-bond acceptors (Lipinski definition) is 1. The molecular formula is C26H26N2O. The molecule has 1 aliphatic carbocycles. The summed E-state index contributed by atoms with van der Waals surface area (Å²) in [5.74, 6) is 0.0630. The van der Waals surface area contributed by atoms with Gasteiger partial charge in [-0.3, -0.25) is 4.79 Å². The highest BCUT2D eigenvalue weighted by molar-refractivity contribution is 6.06. The van der Waals surface area contributed by atoms with E-state index in [1.54, 1.807) is 0 Å². The molecule has 5 rings (SSSR count). The van der Waals surface area contributed by atoms with Crippen LogP contribution in [0.3, 0.4) is 0 Å². The van der Waals surface area contributed by atoms with Gasteiger partial charge in [-0.15, -0.1) is 0 Å². The van der Waals surface area contributed by atoms with Crippen LogP contribution >= 0.6 is 0 Å². The topological polar surface area (TPSA) is 25.2 Å². The van der Waals surface area contributed by atoms with E-state index >= 15 is 0 Å². The number of anilines is 1. The van der Waals surface area contributed by atoms with E-state index in [0.29, 0.717) is 6.54 Å². The highest BCUT2D eigenvalue weighted by Crippen LogP contribution is 2.33. The van der Waals surface area contributed by atoms with Gasteiger partial charge in [-0.05, 0) is 79.6 Å². The summed E-state index contributed by atoms with van der Waals surface area (Å²) < 4.78 is 2.23. The van der Waals surface area contributed by atoms with Crippen molar-refractivity contribution in [1.82, 2.24) is 4.57 Å². The van der Waals surface area contributed by atoms with E-state index in [1.165, 1.54) is 41.5 Å². The van der Waals surface area contributed by atoms with Crippen molar-refractivity contribution >= 4 is 17.2 Å². The first kappa shape index (κ1) is 18.0. The van der Waals surface area contributed by atoms with Crippen LogP contribution in [0, 0.1) is 0 Å². The standard InChI is InChI=1S/C26H26N2O/c1-19-7-2-4-10-24(19)20-12-14-21(15-13-20)26(29)28-18-23-9-6-16-27(23)17-22-8-3-5-11-25(22)28/h3,5-6,8-9,11-16H,2,4,7,10,17-18H2,1H3. The molecule has 0 radical (unpaired) electrons. The Balaban J connectivity index is 1.48. The largest absolute Gasteiger partial charge is 0.345 e. The van der Waals surface area contributed by atoms with Gasteiger partial charge in [-0.25, -0.2) is 0 Å². The number of benzene rings is 2. The number of aromatic nitrogens is 1. The van der Waals surface area contributed by atoms with Crippen LogP contribution in [0.4, 0.5) is 5.69 Å². The van der Waals surface area contributed by atoms with Crippen molar-refractivity contribution in [3.8, 4) is 0 Å². The van der Waals surface area contributed by atoms with Gasteiger partial charge in [0.2, 0.25) is 0 Å². The van der Waals surface area contributed by atoms with Crippen molar-refractivity contribution in [2.75, 3.05) is 4.90 Å². The van der Waals surface area contributed by atoms with Gasteiger partial charge in [0.25, 0.3) is 5.91 Å². The third kappa shape index (κ3) is 3.31. The van der Waals surface area contributed by atoms with Gasteiger partial charge in [0.05, 0.1) is 6.54 Å². The minimum absolute atomic E-state index is 0.0630. The Morgan fingerprint density at radius 2 is 1.66 bits per heavy atom. The van der Waals surface area contributed by atoms with Crippen molar-refractivity contribution in [2.45, 2.75) is 45.7 Å². The minimum Gasteiger partial charge on any atom is -0.345 e. The van der Waals surface area contributed by atoms with E-state index in [4.69, 9.17) is 0 Å². The number of rotatable bonds is 2. The highest BCUT2D eigenvalue weighted by Gasteiger charge is 2.24. The van der Waals surface area contributed by atoms with Gasteiger partial charge in [0.15, 0.2) is 0 Å². The Hall–Kier alpha value is -3.07. The molecule has 0 saturated carbocycles. The van der Waals surface area contributed by atoms with Gasteiger partial charge in [-0.2, -0.15) is 0 Å². The number of hydrogen-bond donors (Lipinski definition) is 0. The first-order chi connectivity index (χ1) is 14.2. The number of nitrogens with zero attached hydrogens (tertiary/aromatic N) is 2. The molecule has 2 aliphatic rings. The Morgan fingerprint density at radius 3 is 2.48 bits per heavy atom. The van der Waals surface area contributed by atoms with Crippen LogP contribution in [0.2, 0.25) is 0 Å². The minimum atomic E-state index is 0.0630. The van der Waals surface area contributed by atoms with E-state index < -0.39 is 0 Å². The quantitative estimate of drug-likeness (QED) is 0.530. The third-order valence-corrected chi connectivity index (χ3v) is 6.34. The number of carbonyl (C=O) groups excluding carboxylic acids is 1.